The molecule has 1 aliphatic heterocycles. The minimum atomic E-state index is -0.205. The lowest BCUT2D eigenvalue weighted by Gasteiger charge is -2.30. The Labute approximate surface area is 96.1 Å². The molecule has 0 aliphatic carbocycles. The molecule has 0 spiro atoms. The normalized spacial score (nSPS) is 25.6. The van der Waals surface area contributed by atoms with Gasteiger partial charge in [0.1, 0.15) is 0 Å². The van der Waals surface area contributed by atoms with Crippen LogP contribution in [0.4, 0.5) is 0 Å². The van der Waals surface area contributed by atoms with E-state index in [0.717, 1.165) is 13.0 Å². The van der Waals surface area contributed by atoms with Gasteiger partial charge in [0, 0.05) is 37.6 Å². The van der Waals surface area contributed by atoms with Gasteiger partial charge in [-0.25, -0.2) is 0 Å². The van der Waals surface area contributed by atoms with Gasteiger partial charge in [-0.1, -0.05) is 0 Å². The van der Waals surface area contributed by atoms with Crippen LogP contribution >= 0.6 is 0 Å². The van der Waals surface area contributed by atoms with Crippen molar-refractivity contribution in [3.63, 3.8) is 0 Å². The fourth-order valence-electron chi connectivity index (χ4n) is 2.43. The second-order valence-electron chi connectivity index (χ2n) is 4.52. The van der Waals surface area contributed by atoms with Crippen molar-refractivity contribution in [2.45, 2.75) is 31.5 Å². The van der Waals surface area contributed by atoms with Gasteiger partial charge in [0.25, 0.3) is 0 Å². The number of aromatic nitrogens is 1. The molecule has 0 aromatic carbocycles. The molecule has 16 heavy (non-hydrogen) atoms. The van der Waals surface area contributed by atoms with E-state index in [2.05, 4.69) is 9.88 Å². The highest BCUT2D eigenvalue weighted by molar-refractivity contribution is 5.17. The van der Waals surface area contributed by atoms with E-state index in [1.165, 1.54) is 5.56 Å². The van der Waals surface area contributed by atoms with Gasteiger partial charge < -0.3 is 10.8 Å². The van der Waals surface area contributed by atoms with Crippen molar-refractivity contribution >= 4 is 0 Å². The first-order valence-electron chi connectivity index (χ1n) is 5.76. The zero-order valence-electron chi connectivity index (χ0n) is 9.58. The number of rotatable bonds is 3. The van der Waals surface area contributed by atoms with Crippen LogP contribution in [0.1, 0.15) is 24.9 Å². The number of nitrogens with zero attached hydrogens (tertiary/aromatic N) is 2. The lowest BCUT2D eigenvalue weighted by molar-refractivity contribution is 0.151. The molecule has 4 heteroatoms. The van der Waals surface area contributed by atoms with Crippen LogP contribution in [0.5, 0.6) is 0 Å². The Bertz CT molecular complexity index is 328. The Balaban J connectivity index is 2.18. The van der Waals surface area contributed by atoms with E-state index >= 15 is 0 Å². The summed E-state index contributed by atoms with van der Waals surface area (Å²) < 4.78 is 0. The van der Waals surface area contributed by atoms with Gasteiger partial charge in [0.05, 0.1) is 6.10 Å². The predicted octanol–water partition coefficient (Wildman–Crippen LogP) is 0.537. The molecule has 2 heterocycles. The number of aliphatic hydroxyl groups excluding tert-OH is 1. The summed E-state index contributed by atoms with van der Waals surface area (Å²) in [6, 6.07) is 4.23. The molecule has 88 valence electrons. The Hall–Kier alpha value is -0.970. The molecule has 1 saturated heterocycles. The molecule has 1 fully saturated rings. The van der Waals surface area contributed by atoms with E-state index in [0.29, 0.717) is 6.54 Å². The van der Waals surface area contributed by atoms with E-state index in [4.69, 9.17) is 5.73 Å². The van der Waals surface area contributed by atoms with Crippen LogP contribution in [0.2, 0.25) is 0 Å². The SMILES string of the molecule is CC(N)C(c1ccncc1)N1CCC(O)C1. The maximum absolute atomic E-state index is 9.58. The average Bonchev–Trinajstić information content (AvgIpc) is 2.66. The first kappa shape index (κ1) is 11.5. The molecule has 3 N–H and O–H groups in total. The monoisotopic (exact) mass is 221 g/mol. The van der Waals surface area contributed by atoms with Gasteiger partial charge in [-0.05, 0) is 31.0 Å². The maximum atomic E-state index is 9.58. The first-order chi connectivity index (χ1) is 7.68. The van der Waals surface area contributed by atoms with E-state index < -0.39 is 0 Å². The number of β-amino-alcohol motifs (C(OH)–C–C–N with tert-alkyl or cyclic N) is 1. The fraction of sp³-hybridized carbons (Fsp3) is 0.583. The van der Waals surface area contributed by atoms with Crippen LogP contribution in [-0.2, 0) is 0 Å². The lowest BCUT2D eigenvalue weighted by atomic mass is 10.0. The summed E-state index contributed by atoms with van der Waals surface area (Å²) in [5.41, 5.74) is 7.23. The molecule has 1 aliphatic rings. The summed E-state index contributed by atoms with van der Waals surface area (Å²) in [6.45, 7) is 3.64. The largest absolute Gasteiger partial charge is 0.392 e. The maximum Gasteiger partial charge on any atom is 0.0679 e. The molecule has 3 unspecified atom stereocenters. The van der Waals surface area contributed by atoms with Crippen molar-refractivity contribution in [3.8, 4) is 0 Å². The molecule has 2 rings (SSSR count). The van der Waals surface area contributed by atoms with Gasteiger partial charge in [-0.15, -0.1) is 0 Å². The number of hydrogen-bond acceptors (Lipinski definition) is 4. The second kappa shape index (κ2) is 4.91. The van der Waals surface area contributed by atoms with Crippen LogP contribution in [0.3, 0.4) is 0 Å². The summed E-state index contributed by atoms with van der Waals surface area (Å²) in [5.74, 6) is 0. The second-order valence-corrected chi connectivity index (χ2v) is 4.52. The van der Waals surface area contributed by atoms with Gasteiger partial charge >= 0.3 is 0 Å². The number of pyridine rings is 1. The van der Waals surface area contributed by atoms with Crippen molar-refractivity contribution < 1.29 is 5.11 Å². The third-order valence-electron chi connectivity index (χ3n) is 3.13. The summed E-state index contributed by atoms with van der Waals surface area (Å²) >= 11 is 0. The molecule has 4 nitrogen and oxygen atoms in total. The lowest BCUT2D eigenvalue weighted by Crippen LogP contribution is -2.38. The highest BCUT2D eigenvalue weighted by Gasteiger charge is 2.30. The smallest absolute Gasteiger partial charge is 0.0679 e. The number of hydrogen-bond donors (Lipinski definition) is 2. The van der Waals surface area contributed by atoms with Gasteiger partial charge in [0.15, 0.2) is 0 Å². The molecule has 0 bridgehead atoms. The van der Waals surface area contributed by atoms with E-state index in [1.807, 2.05) is 19.1 Å². The number of nitrogens with two attached hydrogens (primary N) is 1. The Morgan fingerprint density at radius 3 is 2.69 bits per heavy atom. The third-order valence-corrected chi connectivity index (χ3v) is 3.13. The summed E-state index contributed by atoms with van der Waals surface area (Å²) in [6.07, 6.45) is 4.21. The van der Waals surface area contributed by atoms with Crippen LogP contribution < -0.4 is 5.73 Å². The minimum Gasteiger partial charge on any atom is -0.392 e. The topological polar surface area (TPSA) is 62.4 Å². The third kappa shape index (κ3) is 2.40. The average molecular weight is 221 g/mol. The summed E-state index contributed by atoms with van der Waals surface area (Å²) in [4.78, 5) is 6.27. The standard InChI is InChI=1S/C12H19N3O/c1-9(13)12(10-2-5-14-6-3-10)15-7-4-11(16)8-15/h2-3,5-6,9,11-12,16H,4,7-8,13H2,1H3. The quantitative estimate of drug-likeness (QED) is 0.782. The van der Waals surface area contributed by atoms with E-state index in [1.54, 1.807) is 12.4 Å². The Morgan fingerprint density at radius 2 is 2.19 bits per heavy atom. The number of likely N-dealkylation sites (tertiary alicyclic amines) is 1. The van der Waals surface area contributed by atoms with Crippen LogP contribution in [-0.4, -0.2) is 40.2 Å². The molecule has 0 saturated carbocycles. The summed E-state index contributed by atoms with van der Waals surface area (Å²) in [7, 11) is 0. The summed E-state index contributed by atoms with van der Waals surface area (Å²) in [5, 5.41) is 9.58. The van der Waals surface area contributed by atoms with Gasteiger partial charge in [-0.2, -0.15) is 0 Å². The van der Waals surface area contributed by atoms with E-state index in [9.17, 15) is 5.11 Å². The molecule has 1 aromatic rings. The number of aliphatic hydroxyl groups is 1. The Morgan fingerprint density at radius 1 is 1.50 bits per heavy atom. The minimum absolute atomic E-state index is 0.0488. The highest BCUT2D eigenvalue weighted by atomic mass is 16.3. The molecular weight excluding hydrogens is 202 g/mol. The van der Waals surface area contributed by atoms with Crippen LogP contribution in [0.25, 0.3) is 0 Å². The fourth-order valence-corrected chi connectivity index (χ4v) is 2.43. The van der Waals surface area contributed by atoms with Gasteiger partial charge in [-0.3, -0.25) is 9.88 Å². The van der Waals surface area contributed by atoms with Crippen molar-refractivity contribution in [1.29, 1.82) is 0 Å². The first-order valence-corrected chi connectivity index (χ1v) is 5.76. The van der Waals surface area contributed by atoms with Gasteiger partial charge in [0.2, 0.25) is 0 Å². The van der Waals surface area contributed by atoms with Crippen molar-refractivity contribution in [2.24, 2.45) is 5.73 Å². The zero-order valence-corrected chi connectivity index (χ0v) is 9.58. The molecular formula is C12H19N3O. The Kier molecular flexibility index (Phi) is 3.53. The van der Waals surface area contributed by atoms with Crippen molar-refractivity contribution in [3.05, 3.63) is 30.1 Å². The molecule has 3 atom stereocenters. The zero-order chi connectivity index (χ0) is 11.5. The molecule has 0 radical (unpaired) electrons. The molecule has 0 amide bonds. The van der Waals surface area contributed by atoms with Crippen molar-refractivity contribution in [2.75, 3.05) is 13.1 Å². The predicted molar refractivity (Wildman–Crippen MR) is 62.8 cm³/mol. The molecule has 1 aromatic heterocycles. The highest BCUT2D eigenvalue weighted by Crippen LogP contribution is 2.26. The van der Waals surface area contributed by atoms with Crippen LogP contribution in [0, 0.1) is 0 Å². The van der Waals surface area contributed by atoms with Crippen molar-refractivity contribution in [1.82, 2.24) is 9.88 Å². The van der Waals surface area contributed by atoms with E-state index in [-0.39, 0.29) is 18.2 Å². The van der Waals surface area contributed by atoms with Crippen LogP contribution in [0.15, 0.2) is 24.5 Å².